The van der Waals surface area contributed by atoms with E-state index in [1.165, 1.54) is 0 Å². The van der Waals surface area contributed by atoms with Crippen LogP contribution in [0.15, 0.2) is 0 Å². The van der Waals surface area contributed by atoms with Gasteiger partial charge in [0, 0.05) is 19.5 Å². The SMILES string of the molecule is CCCC(N)CC(=O)NC(CC(C)C)C(=O)NC. The van der Waals surface area contributed by atoms with E-state index in [-0.39, 0.29) is 24.3 Å². The first-order valence-corrected chi connectivity index (χ1v) is 6.67. The van der Waals surface area contributed by atoms with Gasteiger partial charge < -0.3 is 16.4 Å². The Balaban J connectivity index is 4.30. The quantitative estimate of drug-likeness (QED) is 0.601. The lowest BCUT2D eigenvalue weighted by Gasteiger charge is -2.20. The highest BCUT2D eigenvalue weighted by Crippen LogP contribution is 2.06. The van der Waals surface area contributed by atoms with Gasteiger partial charge in [-0.3, -0.25) is 9.59 Å². The molecular formula is C13H27N3O2. The van der Waals surface area contributed by atoms with E-state index in [4.69, 9.17) is 5.73 Å². The summed E-state index contributed by atoms with van der Waals surface area (Å²) < 4.78 is 0. The van der Waals surface area contributed by atoms with Gasteiger partial charge in [0.1, 0.15) is 6.04 Å². The fraction of sp³-hybridized carbons (Fsp3) is 0.846. The number of nitrogens with two attached hydrogens (primary N) is 1. The normalized spacial score (nSPS) is 14.1. The molecule has 0 fully saturated rings. The number of carbonyl (C=O) groups is 2. The van der Waals surface area contributed by atoms with Gasteiger partial charge in [-0.05, 0) is 18.8 Å². The van der Waals surface area contributed by atoms with Gasteiger partial charge in [-0.2, -0.15) is 0 Å². The standard InChI is InChI=1S/C13H27N3O2/c1-5-6-10(14)8-12(17)16-11(7-9(2)3)13(18)15-4/h9-11H,5-8,14H2,1-4H3,(H,15,18)(H,16,17). The van der Waals surface area contributed by atoms with Crippen molar-refractivity contribution in [1.82, 2.24) is 10.6 Å². The number of hydrogen-bond acceptors (Lipinski definition) is 3. The second-order valence-corrected chi connectivity index (χ2v) is 5.12. The molecule has 0 aromatic heterocycles. The van der Waals surface area contributed by atoms with Crippen molar-refractivity contribution >= 4 is 11.8 Å². The van der Waals surface area contributed by atoms with Crippen molar-refractivity contribution in [3.05, 3.63) is 0 Å². The maximum atomic E-state index is 11.8. The van der Waals surface area contributed by atoms with Crippen LogP contribution in [0, 0.1) is 5.92 Å². The predicted molar refractivity (Wildman–Crippen MR) is 73.0 cm³/mol. The van der Waals surface area contributed by atoms with E-state index in [9.17, 15) is 9.59 Å². The fourth-order valence-electron chi connectivity index (χ4n) is 1.84. The molecule has 106 valence electrons. The molecule has 0 bridgehead atoms. The molecule has 0 heterocycles. The van der Waals surface area contributed by atoms with Gasteiger partial charge in [-0.15, -0.1) is 0 Å². The van der Waals surface area contributed by atoms with Crippen molar-refractivity contribution in [3.63, 3.8) is 0 Å². The van der Waals surface area contributed by atoms with Crippen LogP contribution in [-0.4, -0.2) is 30.9 Å². The van der Waals surface area contributed by atoms with E-state index in [0.29, 0.717) is 12.3 Å². The van der Waals surface area contributed by atoms with Crippen LogP contribution >= 0.6 is 0 Å². The molecule has 2 atom stereocenters. The predicted octanol–water partition coefficient (Wildman–Crippen LogP) is 0.781. The number of rotatable bonds is 8. The maximum Gasteiger partial charge on any atom is 0.242 e. The number of likely N-dealkylation sites (N-methyl/N-ethyl adjacent to an activating group) is 1. The average molecular weight is 257 g/mol. The van der Waals surface area contributed by atoms with Gasteiger partial charge in [-0.1, -0.05) is 27.2 Å². The van der Waals surface area contributed by atoms with Crippen LogP contribution in [0.2, 0.25) is 0 Å². The first kappa shape index (κ1) is 16.9. The molecule has 0 rings (SSSR count). The zero-order valence-corrected chi connectivity index (χ0v) is 12.0. The van der Waals surface area contributed by atoms with Gasteiger partial charge in [0.05, 0.1) is 0 Å². The summed E-state index contributed by atoms with van der Waals surface area (Å²) in [6.07, 6.45) is 2.69. The Kier molecular flexibility index (Phi) is 8.37. The lowest BCUT2D eigenvalue weighted by molar-refractivity contribution is -0.129. The lowest BCUT2D eigenvalue weighted by Crippen LogP contribution is -2.47. The van der Waals surface area contributed by atoms with Crippen molar-refractivity contribution in [2.45, 2.75) is 58.5 Å². The van der Waals surface area contributed by atoms with E-state index >= 15 is 0 Å². The number of hydrogen-bond donors (Lipinski definition) is 3. The van der Waals surface area contributed by atoms with E-state index < -0.39 is 6.04 Å². The molecule has 0 aliphatic heterocycles. The van der Waals surface area contributed by atoms with Gasteiger partial charge in [-0.25, -0.2) is 0 Å². The minimum absolute atomic E-state index is 0.126. The van der Waals surface area contributed by atoms with Crippen LogP contribution in [0.5, 0.6) is 0 Å². The van der Waals surface area contributed by atoms with Crippen LogP contribution in [0.4, 0.5) is 0 Å². The number of nitrogens with one attached hydrogen (secondary N) is 2. The Bertz CT molecular complexity index is 267. The molecule has 2 amide bonds. The molecule has 0 aromatic carbocycles. The molecular weight excluding hydrogens is 230 g/mol. The Morgan fingerprint density at radius 1 is 1.28 bits per heavy atom. The maximum absolute atomic E-state index is 11.8. The third-order valence-corrected chi connectivity index (χ3v) is 2.71. The summed E-state index contributed by atoms with van der Waals surface area (Å²) in [5.74, 6) is 0.0447. The van der Waals surface area contributed by atoms with E-state index in [2.05, 4.69) is 10.6 Å². The average Bonchev–Trinajstić information content (AvgIpc) is 2.26. The topological polar surface area (TPSA) is 84.2 Å². The minimum atomic E-state index is -0.462. The highest BCUT2D eigenvalue weighted by Gasteiger charge is 2.21. The Hall–Kier alpha value is -1.10. The van der Waals surface area contributed by atoms with E-state index in [1.54, 1.807) is 7.05 Å². The third kappa shape index (κ3) is 7.27. The second kappa shape index (κ2) is 8.91. The van der Waals surface area contributed by atoms with Gasteiger partial charge in [0.2, 0.25) is 11.8 Å². The van der Waals surface area contributed by atoms with Crippen LogP contribution in [0.25, 0.3) is 0 Å². The molecule has 0 radical (unpaired) electrons. The molecule has 18 heavy (non-hydrogen) atoms. The van der Waals surface area contributed by atoms with Crippen molar-refractivity contribution in [3.8, 4) is 0 Å². The summed E-state index contributed by atoms with van der Waals surface area (Å²) in [4.78, 5) is 23.4. The van der Waals surface area contributed by atoms with Crippen molar-refractivity contribution in [2.24, 2.45) is 11.7 Å². The summed E-state index contributed by atoms with van der Waals surface area (Å²) in [5, 5.41) is 5.33. The molecule has 4 N–H and O–H groups in total. The summed E-state index contributed by atoms with van der Waals surface area (Å²) in [6, 6.07) is -0.587. The van der Waals surface area contributed by atoms with Crippen LogP contribution in [-0.2, 0) is 9.59 Å². The highest BCUT2D eigenvalue weighted by molar-refractivity contribution is 5.87. The minimum Gasteiger partial charge on any atom is -0.357 e. The summed E-state index contributed by atoms with van der Waals surface area (Å²) in [6.45, 7) is 6.07. The van der Waals surface area contributed by atoms with Crippen molar-refractivity contribution < 1.29 is 9.59 Å². The number of carbonyl (C=O) groups excluding carboxylic acids is 2. The lowest BCUT2D eigenvalue weighted by atomic mass is 10.0. The van der Waals surface area contributed by atoms with Gasteiger partial charge in [0.25, 0.3) is 0 Å². The van der Waals surface area contributed by atoms with Crippen LogP contribution in [0.3, 0.4) is 0 Å². The largest absolute Gasteiger partial charge is 0.357 e. The molecule has 0 saturated heterocycles. The summed E-state index contributed by atoms with van der Waals surface area (Å²) in [7, 11) is 1.57. The summed E-state index contributed by atoms with van der Waals surface area (Å²) in [5.41, 5.74) is 5.81. The van der Waals surface area contributed by atoms with Gasteiger partial charge >= 0.3 is 0 Å². The molecule has 0 aromatic rings. The fourth-order valence-corrected chi connectivity index (χ4v) is 1.84. The molecule has 0 saturated carbocycles. The zero-order valence-electron chi connectivity index (χ0n) is 12.0. The Labute approximate surface area is 110 Å². The van der Waals surface area contributed by atoms with Crippen molar-refractivity contribution in [2.75, 3.05) is 7.05 Å². The molecule has 2 unspecified atom stereocenters. The smallest absolute Gasteiger partial charge is 0.242 e. The Morgan fingerprint density at radius 2 is 1.89 bits per heavy atom. The highest BCUT2D eigenvalue weighted by atomic mass is 16.2. The van der Waals surface area contributed by atoms with Gasteiger partial charge in [0.15, 0.2) is 0 Å². The Morgan fingerprint density at radius 3 is 2.33 bits per heavy atom. The molecule has 0 spiro atoms. The first-order chi connectivity index (χ1) is 8.40. The molecule has 5 nitrogen and oxygen atoms in total. The number of amides is 2. The van der Waals surface area contributed by atoms with Crippen LogP contribution in [0.1, 0.15) is 46.5 Å². The molecule has 5 heteroatoms. The second-order valence-electron chi connectivity index (χ2n) is 5.12. The van der Waals surface area contributed by atoms with Crippen molar-refractivity contribution in [1.29, 1.82) is 0 Å². The van der Waals surface area contributed by atoms with Crippen LogP contribution < -0.4 is 16.4 Å². The first-order valence-electron chi connectivity index (χ1n) is 6.67. The zero-order chi connectivity index (χ0) is 14.1. The van der Waals surface area contributed by atoms with E-state index in [0.717, 1.165) is 12.8 Å². The monoisotopic (exact) mass is 257 g/mol. The molecule has 0 aliphatic rings. The third-order valence-electron chi connectivity index (χ3n) is 2.71. The molecule has 0 aliphatic carbocycles. The van der Waals surface area contributed by atoms with E-state index in [1.807, 2.05) is 20.8 Å². The summed E-state index contributed by atoms with van der Waals surface area (Å²) >= 11 is 0.